The van der Waals surface area contributed by atoms with Gasteiger partial charge < -0.3 is 20.1 Å². The zero-order valence-corrected chi connectivity index (χ0v) is 17.9. The minimum absolute atomic E-state index is 0.163. The normalized spacial score (nSPS) is 14.4. The van der Waals surface area contributed by atoms with Crippen molar-refractivity contribution in [2.24, 2.45) is 11.7 Å². The largest absolute Gasteiger partial charge is 0.497 e. The molecule has 1 aliphatic rings. The summed E-state index contributed by atoms with van der Waals surface area (Å²) in [6, 6.07) is 11.9. The van der Waals surface area contributed by atoms with Gasteiger partial charge in [0.05, 0.1) is 19.6 Å². The molecule has 0 spiro atoms. The molecule has 1 saturated heterocycles. The Balaban J connectivity index is 1.83. The van der Waals surface area contributed by atoms with E-state index in [-0.39, 0.29) is 29.0 Å². The van der Waals surface area contributed by atoms with E-state index in [9.17, 15) is 14.4 Å². The van der Waals surface area contributed by atoms with Crippen LogP contribution in [0.15, 0.2) is 47.3 Å². The first kappa shape index (κ1) is 21.4. The average molecular weight is 436 g/mol. The molecular weight excluding hydrogens is 412 g/mol. The average Bonchev–Trinajstić information content (AvgIpc) is 2.83. The van der Waals surface area contributed by atoms with Crippen LogP contribution in [-0.4, -0.2) is 53.8 Å². The number of amides is 2. The molecule has 0 aliphatic carbocycles. The lowest BCUT2D eigenvalue weighted by atomic mass is 9.96. The van der Waals surface area contributed by atoms with Gasteiger partial charge in [0.1, 0.15) is 17.2 Å². The van der Waals surface area contributed by atoms with Crippen molar-refractivity contribution in [3.05, 3.63) is 58.5 Å². The van der Waals surface area contributed by atoms with Gasteiger partial charge in [0.25, 0.3) is 11.5 Å². The van der Waals surface area contributed by atoms with Gasteiger partial charge in [-0.1, -0.05) is 18.2 Å². The Kier molecular flexibility index (Phi) is 5.81. The first-order chi connectivity index (χ1) is 15.4. The smallest absolute Gasteiger partial charge is 0.279 e. The molecule has 32 heavy (non-hydrogen) atoms. The number of nitrogens with two attached hydrogens (primary N) is 1. The molecule has 166 valence electrons. The number of rotatable bonds is 5. The number of primary amides is 1. The highest BCUT2D eigenvalue weighted by Crippen LogP contribution is 2.28. The molecule has 4 rings (SSSR count). The number of ether oxygens (including phenoxy) is 2. The molecule has 0 atom stereocenters. The SMILES string of the molecule is COc1ccc(-n2nc(C(=O)N3CCC(C(N)=O)CC3)c3ccccc3c2=O)c(OC)c1. The molecular formula is C23H24N4O5. The molecule has 2 aromatic carbocycles. The predicted molar refractivity (Wildman–Crippen MR) is 118 cm³/mol. The van der Waals surface area contributed by atoms with E-state index in [2.05, 4.69) is 5.10 Å². The van der Waals surface area contributed by atoms with Crippen molar-refractivity contribution in [3.8, 4) is 17.2 Å². The van der Waals surface area contributed by atoms with Gasteiger partial charge in [-0.05, 0) is 31.0 Å². The Bertz CT molecular complexity index is 1240. The lowest BCUT2D eigenvalue weighted by Crippen LogP contribution is -2.42. The second-order valence-electron chi connectivity index (χ2n) is 7.62. The maximum absolute atomic E-state index is 13.4. The summed E-state index contributed by atoms with van der Waals surface area (Å²) in [6.07, 6.45) is 1.01. The lowest BCUT2D eigenvalue weighted by Gasteiger charge is -2.30. The quantitative estimate of drug-likeness (QED) is 0.651. The van der Waals surface area contributed by atoms with Gasteiger partial charge in [0, 0.05) is 30.5 Å². The highest BCUT2D eigenvalue weighted by Gasteiger charge is 2.29. The Hall–Kier alpha value is -3.88. The number of nitrogens with zero attached hydrogens (tertiary/aromatic N) is 3. The number of carbonyl (C=O) groups is 2. The fourth-order valence-electron chi connectivity index (χ4n) is 3.99. The first-order valence-electron chi connectivity index (χ1n) is 10.3. The van der Waals surface area contributed by atoms with Crippen LogP contribution in [0.2, 0.25) is 0 Å². The number of piperidine rings is 1. The summed E-state index contributed by atoms with van der Waals surface area (Å²) < 4.78 is 11.9. The maximum Gasteiger partial charge on any atom is 0.279 e. The monoisotopic (exact) mass is 436 g/mol. The Morgan fingerprint density at radius 3 is 2.34 bits per heavy atom. The van der Waals surface area contributed by atoms with Crippen LogP contribution in [0.25, 0.3) is 16.5 Å². The highest BCUT2D eigenvalue weighted by atomic mass is 16.5. The summed E-state index contributed by atoms with van der Waals surface area (Å²) in [4.78, 5) is 39.8. The van der Waals surface area contributed by atoms with Crippen LogP contribution in [-0.2, 0) is 4.79 Å². The van der Waals surface area contributed by atoms with E-state index in [1.165, 1.54) is 18.9 Å². The zero-order valence-electron chi connectivity index (χ0n) is 17.9. The van der Waals surface area contributed by atoms with Crippen LogP contribution in [0, 0.1) is 5.92 Å². The summed E-state index contributed by atoms with van der Waals surface area (Å²) in [5, 5.41) is 5.31. The highest BCUT2D eigenvalue weighted by molar-refractivity contribution is 6.05. The first-order valence-corrected chi connectivity index (χ1v) is 10.3. The number of likely N-dealkylation sites (tertiary alicyclic amines) is 1. The van der Waals surface area contributed by atoms with Crippen molar-refractivity contribution in [3.63, 3.8) is 0 Å². The molecule has 3 aromatic rings. The minimum atomic E-state index is -0.368. The summed E-state index contributed by atoms with van der Waals surface area (Å²) in [5.41, 5.74) is 5.60. The Labute approximate surface area is 184 Å². The molecule has 0 radical (unpaired) electrons. The molecule has 1 aromatic heterocycles. The van der Waals surface area contributed by atoms with Crippen molar-refractivity contribution in [2.45, 2.75) is 12.8 Å². The minimum Gasteiger partial charge on any atom is -0.497 e. The van der Waals surface area contributed by atoms with Gasteiger partial charge in [-0.3, -0.25) is 14.4 Å². The third kappa shape index (κ3) is 3.77. The van der Waals surface area contributed by atoms with Crippen LogP contribution in [0.4, 0.5) is 0 Å². The van der Waals surface area contributed by atoms with E-state index >= 15 is 0 Å². The second-order valence-corrected chi connectivity index (χ2v) is 7.62. The molecule has 2 heterocycles. The molecule has 1 aliphatic heterocycles. The molecule has 9 nitrogen and oxygen atoms in total. The number of aromatic nitrogens is 2. The van der Waals surface area contributed by atoms with Crippen LogP contribution < -0.4 is 20.8 Å². The van der Waals surface area contributed by atoms with E-state index < -0.39 is 0 Å². The topological polar surface area (TPSA) is 117 Å². The third-order valence-corrected chi connectivity index (χ3v) is 5.81. The standard InChI is InChI=1S/C23H24N4O5/c1-31-15-7-8-18(19(13-15)32-2)27-22(29)17-6-4-3-5-16(17)20(25-27)23(30)26-11-9-14(10-12-26)21(24)28/h3-8,13-14H,9-12H2,1-2H3,(H2,24,28). The number of hydrogen-bond donors (Lipinski definition) is 1. The van der Waals surface area contributed by atoms with Crippen molar-refractivity contribution in [2.75, 3.05) is 27.3 Å². The van der Waals surface area contributed by atoms with Crippen molar-refractivity contribution < 1.29 is 19.1 Å². The van der Waals surface area contributed by atoms with E-state index in [1.54, 1.807) is 47.4 Å². The molecule has 0 saturated carbocycles. The number of methoxy groups -OCH3 is 2. The van der Waals surface area contributed by atoms with Gasteiger partial charge >= 0.3 is 0 Å². The van der Waals surface area contributed by atoms with Crippen LogP contribution in [0.1, 0.15) is 23.3 Å². The number of hydrogen-bond acceptors (Lipinski definition) is 6. The van der Waals surface area contributed by atoms with Crippen LogP contribution >= 0.6 is 0 Å². The summed E-state index contributed by atoms with van der Waals surface area (Å²) in [6.45, 7) is 0.793. The van der Waals surface area contributed by atoms with E-state index in [0.717, 1.165) is 0 Å². The molecule has 2 N–H and O–H groups in total. The van der Waals surface area contributed by atoms with Gasteiger partial charge in [0.15, 0.2) is 5.69 Å². The van der Waals surface area contributed by atoms with Crippen molar-refractivity contribution >= 4 is 22.6 Å². The number of benzene rings is 2. The summed E-state index contributed by atoms with van der Waals surface area (Å²) >= 11 is 0. The second kappa shape index (κ2) is 8.70. The van der Waals surface area contributed by atoms with E-state index in [0.29, 0.717) is 53.9 Å². The molecule has 1 fully saturated rings. The molecule has 2 amide bonds. The van der Waals surface area contributed by atoms with Gasteiger partial charge in [0.2, 0.25) is 5.91 Å². The predicted octanol–water partition coefficient (Wildman–Crippen LogP) is 1.74. The lowest BCUT2D eigenvalue weighted by molar-refractivity contribution is -0.123. The van der Waals surface area contributed by atoms with Gasteiger partial charge in [-0.15, -0.1) is 0 Å². The molecule has 0 unspecified atom stereocenters. The Morgan fingerprint density at radius 2 is 1.72 bits per heavy atom. The molecule has 0 bridgehead atoms. The van der Waals surface area contributed by atoms with Crippen LogP contribution in [0.3, 0.4) is 0 Å². The number of carbonyl (C=O) groups excluding carboxylic acids is 2. The maximum atomic E-state index is 13.4. The summed E-state index contributed by atoms with van der Waals surface area (Å²) in [7, 11) is 3.02. The fraction of sp³-hybridized carbons (Fsp3) is 0.304. The van der Waals surface area contributed by atoms with E-state index in [4.69, 9.17) is 15.2 Å². The van der Waals surface area contributed by atoms with Gasteiger partial charge in [-0.2, -0.15) is 9.78 Å². The molecule has 9 heteroatoms. The zero-order chi connectivity index (χ0) is 22.8. The van der Waals surface area contributed by atoms with Gasteiger partial charge in [-0.25, -0.2) is 0 Å². The van der Waals surface area contributed by atoms with E-state index in [1.807, 2.05) is 0 Å². The van der Waals surface area contributed by atoms with Crippen molar-refractivity contribution in [1.29, 1.82) is 0 Å². The number of fused-ring (bicyclic) bond motifs is 1. The third-order valence-electron chi connectivity index (χ3n) is 5.81. The summed E-state index contributed by atoms with van der Waals surface area (Å²) in [5.74, 6) is 0.0652. The Morgan fingerprint density at radius 1 is 1.03 bits per heavy atom. The van der Waals surface area contributed by atoms with Crippen molar-refractivity contribution in [1.82, 2.24) is 14.7 Å². The fourth-order valence-corrected chi connectivity index (χ4v) is 3.99. The van der Waals surface area contributed by atoms with Crippen LogP contribution in [0.5, 0.6) is 11.5 Å².